The Balaban J connectivity index is 1.18. The molecule has 0 unspecified atom stereocenters. The number of aromatic nitrogens is 1. The normalized spacial score (nSPS) is 11.2. The maximum absolute atomic E-state index is 2.40. The van der Waals surface area contributed by atoms with Crippen molar-refractivity contribution in [2.75, 3.05) is 9.80 Å². The van der Waals surface area contributed by atoms with Gasteiger partial charge in [0.1, 0.15) is 0 Å². The van der Waals surface area contributed by atoms with Gasteiger partial charge in [0.25, 0.3) is 0 Å². The van der Waals surface area contributed by atoms with Gasteiger partial charge in [0, 0.05) is 44.9 Å². The average Bonchev–Trinajstić information content (AvgIpc) is 3.56. The molecule has 9 aromatic rings. The van der Waals surface area contributed by atoms with Crippen molar-refractivity contribution in [2.24, 2.45) is 0 Å². The third-order valence-electron chi connectivity index (χ3n) is 10.1. The average molecular weight is 682 g/mol. The fourth-order valence-corrected chi connectivity index (χ4v) is 7.49. The second kappa shape index (κ2) is 13.7. The monoisotopic (exact) mass is 681 g/mol. The van der Waals surface area contributed by atoms with Gasteiger partial charge < -0.3 is 14.4 Å². The number of rotatable bonds is 8. The molecule has 0 fully saturated rings. The molecular formula is C50H39N3. The van der Waals surface area contributed by atoms with E-state index < -0.39 is 0 Å². The third-order valence-corrected chi connectivity index (χ3v) is 10.1. The molecule has 0 aliphatic heterocycles. The smallest absolute Gasteiger partial charge is 0.0562 e. The Kier molecular flexibility index (Phi) is 8.30. The number of hydrogen-bond donors (Lipinski definition) is 0. The topological polar surface area (TPSA) is 11.4 Å². The van der Waals surface area contributed by atoms with Gasteiger partial charge in [0.15, 0.2) is 0 Å². The molecule has 254 valence electrons. The summed E-state index contributed by atoms with van der Waals surface area (Å²) in [7, 11) is 0. The SMILES string of the molecule is Cc1ccc(N(c2ccc(C)cc2)c2ccc(-n3c4ccccc4c4c(N(c5ccccc5)c5ccc(-c6ccccc6)cc5)cccc43)cc2)cc1. The Morgan fingerprint density at radius 1 is 0.340 bits per heavy atom. The molecule has 0 bridgehead atoms. The molecule has 0 amide bonds. The van der Waals surface area contributed by atoms with Crippen LogP contribution in [0.4, 0.5) is 34.1 Å². The van der Waals surface area contributed by atoms with Gasteiger partial charge in [-0.1, -0.05) is 120 Å². The molecule has 0 aliphatic carbocycles. The number of nitrogens with zero attached hydrogens (tertiary/aromatic N) is 3. The number of hydrogen-bond acceptors (Lipinski definition) is 2. The van der Waals surface area contributed by atoms with Gasteiger partial charge in [-0.05, 0) is 116 Å². The van der Waals surface area contributed by atoms with Crippen LogP contribution in [-0.4, -0.2) is 4.57 Å². The molecule has 0 radical (unpaired) electrons. The fourth-order valence-electron chi connectivity index (χ4n) is 7.49. The van der Waals surface area contributed by atoms with Crippen molar-refractivity contribution in [2.45, 2.75) is 13.8 Å². The summed E-state index contributed by atoms with van der Waals surface area (Å²) < 4.78 is 2.40. The van der Waals surface area contributed by atoms with Crippen LogP contribution in [0.1, 0.15) is 11.1 Å². The lowest BCUT2D eigenvalue weighted by atomic mass is 10.0. The van der Waals surface area contributed by atoms with Gasteiger partial charge in [0.2, 0.25) is 0 Å². The van der Waals surface area contributed by atoms with Gasteiger partial charge >= 0.3 is 0 Å². The van der Waals surface area contributed by atoms with Gasteiger partial charge in [-0.15, -0.1) is 0 Å². The number of anilines is 6. The molecule has 1 aromatic heterocycles. The highest BCUT2D eigenvalue weighted by molar-refractivity contribution is 6.16. The molecule has 0 aliphatic rings. The quantitative estimate of drug-likeness (QED) is 0.158. The molecular weight excluding hydrogens is 643 g/mol. The van der Waals surface area contributed by atoms with E-state index in [0.29, 0.717) is 0 Å². The van der Waals surface area contributed by atoms with E-state index >= 15 is 0 Å². The van der Waals surface area contributed by atoms with Gasteiger partial charge in [-0.25, -0.2) is 0 Å². The zero-order valence-corrected chi connectivity index (χ0v) is 29.9. The molecule has 0 saturated carbocycles. The predicted molar refractivity (Wildman–Crippen MR) is 225 cm³/mol. The summed E-state index contributed by atoms with van der Waals surface area (Å²) >= 11 is 0. The van der Waals surface area contributed by atoms with Gasteiger partial charge in [0.05, 0.1) is 16.7 Å². The van der Waals surface area contributed by atoms with Crippen LogP contribution in [0.5, 0.6) is 0 Å². The molecule has 1 heterocycles. The van der Waals surface area contributed by atoms with Crippen molar-refractivity contribution >= 4 is 55.9 Å². The van der Waals surface area contributed by atoms with Crippen molar-refractivity contribution in [1.29, 1.82) is 0 Å². The predicted octanol–water partition coefficient (Wildman–Crippen LogP) is 14.0. The Hall–Kier alpha value is -6.84. The highest BCUT2D eigenvalue weighted by Gasteiger charge is 2.21. The highest BCUT2D eigenvalue weighted by Crippen LogP contribution is 2.44. The maximum atomic E-state index is 2.40. The summed E-state index contributed by atoms with van der Waals surface area (Å²) in [6.45, 7) is 4.26. The molecule has 0 atom stereocenters. The van der Waals surface area contributed by atoms with E-state index in [9.17, 15) is 0 Å². The number of para-hydroxylation sites is 2. The molecule has 9 rings (SSSR count). The summed E-state index contributed by atoms with van der Waals surface area (Å²) in [6.07, 6.45) is 0. The Bertz CT molecular complexity index is 2590. The Labute approximate surface area is 311 Å². The van der Waals surface area contributed by atoms with Crippen molar-refractivity contribution in [3.63, 3.8) is 0 Å². The number of fused-ring (bicyclic) bond motifs is 3. The van der Waals surface area contributed by atoms with Crippen molar-refractivity contribution < 1.29 is 0 Å². The first-order chi connectivity index (χ1) is 26.1. The molecule has 0 N–H and O–H groups in total. The lowest BCUT2D eigenvalue weighted by Crippen LogP contribution is -2.10. The van der Waals surface area contributed by atoms with E-state index in [1.807, 2.05) is 0 Å². The van der Waals surface area contributed by atoms with E-state index in [4.69, 9.17) is 0 Å². The minimum atomic E-state index is 1.11. The maximum Gasteiger partial charge on any atom is 0.0562 e. The minimum Gasteiger partial charge on any atom is -0.311 e. The van der Waals surface area contributed by atoms with Gasteiger partial charge in [-0.3, -0.25) is 0 Å². The molecule has 0 spiro atoms. The van der Waals surface area contributed by atoms with E-state index in [0.717, 1.165) is 45.3 Å². The zero-order chi connectivity index (χ0) is 35.7. The van der Waals surface area contributed by atoms with Crippen LogP contribution in [0.15, 0.2) is 200 Å². The molecule has 3 heteroatoms. The van der Waals surface area contributed by atoms with Gasteiger partial charge in [-0.2, -0.15) is 0 Å². The summed E-state index contributed by atoms with van der Waals surface area (Å²) in [4.78, 5) is 4.71. The third kappa shape index (κ3) is 6.03. The van der Waals surface area contributed by atoms with Crippen molar-refractivity contribution in [3.8, 4) is 16.8 Å². The van der Waals surface area contributed by atoms with E-state index in [1.54, 1.807) is 0 Å². The lowest BCUT2D eigenvalue weighted by molar-refractivity contribution is 1.17. The second-order valence-electron chi connectivity index (χ2n) is 13.6. The van der Waals surface area contributed by atoms with Crippen molar-refractivity contribution in [3.05, 3.63) is 211 Å². The zero-order valence-electron chi connectivity index (χ0n) is 29.9. The number of aryl methyl sites for hydroxylation is 2. The molecule has 3 nitrogen and oxygen atoms in total. The standard InChI is InChI=1S/C50H39N3/c1-36-20-26-41(27-21-36)51(42-28-22-37(2)23-29-42)43-32-34-45(35-33-43)53-47-17-10-9-16-46(47)50-48(18-11-19-49(50)53)52(40-14-7-4-8-15-40)44-30-24-39(25-31-44)38-12-5-3-6-13-38/h3-35H,1-2H3. The number of benzene rings is 8. The minimum absolute atomic E-state index is 1.11. The van der Waals surface area contributed by atoms with E-state index in [2.05, 4.69) is 228 Å². The highest BCUT2D eigenvalue weighted by atomic mass is 15.2. The van der Waals surface area contributed by atoms with Crippen LogP contribution in [0.25, 0.3) is 38.6 Å². The second-order valence-corrected chi connectivity index (χ2v) is 13.6. The lowest BCUT2D eigenvalue weighted by Gasteiger charge is -2.27. The first kappa shape index (κ1) is 32.1. The van der Waals surface area contributed by atoms with Crippen LogP contribution in [0.2, 0.25) is 0 Å². The summed E-state index contributed by atoms with van der Waals surface area (Å²) in [6, 6.07) is 72.1. The van der Waals surface area contributed by atoms with Crippen LogP contribution >= 0.6 is 0 Å². The van der Waals surface area contributed by atoms with E-state index in [1.165, 1.54) is 38.5 Å². The Morgan fingerprint density at radius 3 is 1.42 bits per heavy atom. The van der Waals surface area contributed by atoms with Crippen LogP contribution < -0.4 is 9.80 Å². The van der Waals surface area contributed by atoms with Crippen LogP contribution in [0.3, 0.4) is 0 Å². The summed E-state index contributed by atoms with van der Waals surface area (Å²) in [5, 5.41) is 2.43. The van der Waals surface area contributed by atoms with Crippen molar-refractivity contribution in [1.82, 2.24) is 4.57 Å². The largest absolute Gasteiger partial charge is 0.311 e. The van der Waals surface area contributed by atoms with Crippen LogP contribution in [-0.2, 0) is 0 Å². The summed E-state index contributed by atoms with van der Waals surface area (Å²) in [5.41, 5.74) is 15.1. The molecule has 0 saturated heterocycles. The first-order valence-electron chi connectivity index (χ1n) is 18.2. The summed E-state index contributed by atoms with van der Waals surface area (Å²) in [5.74, 6) is 0. The molecule has 53 heavy (non-hydrogen) atoms. The Morgan fingerprint density at radius 2 is 0.792 bits per heavy atom. The van der Waals surface area contributed by atoms with E-state index in [-0.39, 0.29) is 0 Å². The molecule has 8 aromatic carbocycles. The first-order valence-corrected chi connectivity index (χ1v) is 18.2. The van der Waals surface area contributed by atoms with Crippen LogP contribution in [0, 0.1) is 13.8 Å². The fraction of sp³-hybridized carbons (Fsp3) is 0.0400.